The quantitative estimate of drug-likeness (QED) is 0.236. The van der Waals surface area contributed by atoms with E-state index >= 15 is 0 Å². The number of anilines is 1. The second-order valence-electron chi connectivity index (χ2n) is 7.75. The van der Waals surface area contributed by atoms with Gasteiger partial charge in [0.2, 0.25) is 5.95 Å². The molecule has 0 bridgehead atoms. The van der Waals surface area contributed by atoms with Crippen LogP contribution in [0.3, 0.4) is 0 Å². The first-order valence-corrected chi connectivity index (χ1v) is 10.6. The van der Waals surface area contributed by atoms with E-state index in [1.807, 2.05) is 18.5 Å². The largest absolute Gasteiger partial charge is 0.373 e. The SMILES string of the molecule is CCNC(=NCC1(C)CCCO1)NCCCN1CCN(c2ncccn2)CC1.I. The molecule has 1 unspecified atom stereocenters. The molecule has 2 aliphatic rings. The normalized spacial score (nSPS) is 23.0. The first-order valence-electron chi connectivity index (χ1n) is 10.6. The minimum Gasteiger partial charge on any atom is -0.373 e. The molecule has 2 aliphatic heterocycles. The molecule has 1 atom stereocenters. The van der Waals surface area contributed by atoms with E-state index < -0.39 is 0 Å². The van der Waals surface area contributed by atoms with Gasteiger partial charge in [0.05, 0.1) is 12.1 Å². The molecular formula is C20H36IN7O. The summed E-state index contributed by atoms with van der Waals surface area (Å²) in [6.45, 7) is 12.8. The third kappa shape index (κ3) is 7.86. The molecule has 0 radical (unpaired) electrons. The number of rotatable bonds is 8. The first kappa shape index (κ1) is 24.1. The van der Waals surface area contributed by atoms with E-state index in [2.05, 4.69) is 44.2 Å². The highest BCUT2D eigenvalue weighted by molar-refractivity contribution is 14.0. The summed E-state index contributed by atoms with van der Waals surface area (Å²) in [5, 5.41) is 6.80. The molecule has 3 heterocycles. The molecule has 0 amide bonds. The maximum atomic E-state index is 5.83. The van der Waals surface area contributed by atoms with Gasteiger partial charge >= 0.3 is 0 Å². The van der Waals surface area contributed by atoms with Gasteiger partial charge < -0.3 is 20.3 Å². The van der Waals surface area contributed by atoms with E-state index in [4.69, 9.17) is 9.73 Å². The zero-order chi connectivity index (χ0) is 19.7. The molecule has 9 heteroatoms. The molecule has 1 aromatic rings. The fraction of sp³-hybridized carbons (Fsp3) is 0.750. The lowest BCUT2D eigenvalue weighted by molar-refractivity contribution is 0.0283. The zero-order valence-electron chi connectivity index (χ0n) is 17.8. The Hall–Kier alpha value is -1.20. The van der Waals surface area contributed by atoms with Crippen LogP contribution in [0.4, 0.5) is 5.95 Å². The van der Waals surface area contributed by atoms with E-state index in [0.717, 1.165) is 83.6 Å². The van der Waals surface area contributed by atoms with E-state index in [0.29, 0.717) is 6.54 Å². The number of guanidine groups is 1. The van der Waals surface area contributed by atoms with Gasteiger partial charge in [0.25, 0.3) is 0 Å². The number of halogens is 1. The Morgan fingerprint density at radius 3 is 2.62 bits per heavy atom. The van der Waals surface area contributed by atoms with Gasteiger partial charge in [-0.1, -0.05) is 0 Å². The molecular weight excluding hydrogens is 481 g/mol. The van der Waals surface area contributed by atoms with Gasteiger partial charge in [0.1, 0.15) is 0 Å². The van der Waals surface area contributed by atoms with Crippen LogP contribution in [0.5, 0.6) is 0 Å². The minimum absolute atomic E-state index is 0. The number of ether oxygens (including phenoxy) is 1. The lowest BCUT2D eigenvalue weighted by atomic mass is 10.0. The molecule has 3 rings (SSSR count). The highest BCUT2D eigenvalue weighted by atomic mass is 127. The predicted molar refractivity (Wildman–Crippen MR) is 128 cm³/mol. The summed E-state index contributed by atoms with van der Waals surface area (Å²) >= 11 is 0. The molecule has 0 aromatic carbocycles. The number of aliphatic imine (C=N–C) groups is 1. The van der Waals surface area contributed by atoms with Gasteiger partial charge in [-0.05, 0) is 45.7 Å². The van der Waals surface area contributed by atoms with Crippen LogP contribution in [0.15, 0.2) is 23.5 Å². The highest BCUT2D eigenvalue weighted by Gasteiger charge is 2.29. The molecule has 0 aliphatic carbocycles. The van der Waals surface area contributed by atoms with Crippen molar-refractivity contribution in [3.05, 3.63) is 18.5 Å². The Kier molecular flexibility index (Phi) is 10.4. The van der Waals surface area contributed by atoms with Crippen molar-refractivity contribution in [1.29, 1.82) is 0 Å². The molecule has 2 fully saturated rings. The van der Waals surface area contributed by atoms with Crippen LogP contribution in [0.25, 0.3) is 0 Å². The summed E-state index contributed by atoms with van der Waals surface area (Å²) in [4.78, 5) is 18.2. The van der Waals surface area contributed by atoms with E-state index in [1.54, 1.807) is 0 Å². The smallest absolute Gasteiger partial charge is 0.225 e. The average Bonchev–Trinajstić information content (AvgIpc) is 3.17. The minimum atomic E-state index is -0.0928. The molecule has 0 spiro atoms. The van der Waals surface area contributed by atoms with Crippen LogP contribution in [-0.4, -0.2) is 85.4 Å². The van der Waals surface area contributed by atoms with Crippen molar-refractivity contribution in [3.8, 4) is 0 Å². The van der Waals surface area contributed by atoms with Crippen LogP contribution >= 0.6 is 24.0 Å². The predicted octanol–water partition coefficient (Wildman–Crippen LogP) is 1.73. The van der Waals surface area contributed by atoms with Crippen molar-refractivity contribution in [3.63, 3.8) is 0 Å². The van der Waals surface area contributed by atoms with Crippen LogP contribution in [0, 0.1) is 0 Å². The lowest BCUT2D eigenvalue weighted by Gasteiger charge is -2.34. The number of piperazine rings is 1. The molecule has 1 aromatic heterocycles. The Balaban J connectivity index is 0.00000300. The van der Waals surface area contributed by atoms with Crippen molar-refractivity contribution in [2.45, 2.75) is 38.7 Å². The average molecular weight is 517 g/mol. The number of hydrogen-bond acceptors (Lipinski definition) is 6. The fourth-order valence-electron chi connectivity index (χ4n) is 3.69. The summed E-state index contributed by atoms with van der Waals surface area (Å²) in [6, 6.07) is 1.86. The highest BCUT2D eigenvalue weighted by Crippen LogP contribution is 2.24. The van der Waals surface area contributed by atoms with E-state index in [9.17, 15) is 0 Å². The lowest BCUT2D eigenvalue weighted by Crippen LogP contribution is -2.47. The van der Waals surface area contributed by atoms with Crippen molar-refractivity contribution < 1.29 is 4.74 Å². The van der Waals surface area contributed by atoms with E-state index in [-0.39, 0.29) is 29.6 Å². The van der Waals surface area contributed by atoms with Gasteiger partial charge in [-0.3, -0.25) is 9.89 Å². The Morgan fingerprint density at radius 1 is 1.21 bits per heavy atom. The van der Waals surface area contributed by atoms with Crippen LogP contribution in [-0.2, 0) is 4.74 Å². The van der Waals surface area contributed by atoms with Crippen molar-refractivity contribution in [1.82, 2.24) is 25.5 Å². The number of aromatic nitrogens is 2. The zero-order valence-corrected chi connectivity index (χ0v) is 20.1. The van der Waals surface area contributed by atoms with Gasteiger partial charge in [-0.15, -0.1) is 24.0 Å². The number of nitrogens with one attached hydrogen (secondary N) is 2. The Bertz CT molecular complexity index is 602. The van der Waals surface area contributed by atoms with Crippen LogP contribution in [0.2, 0.25) is 0 Å². The monoisotopic (exact) mass is 517 g/mol. The summed E-state index contributed by atoms with van der Waals surface area (Å²) in [5.74, 6) is 1.74. The summed E-state index contributed by atoms with van der Waals surface area (Å²) < 4.78 is 5.83. The van der Waals surface area contributed by atoms with E-state index in [1.165, 1.54) is 0 Å². The van der Waals surface area contributed by atoms with Gasteiger partial charge in [0.15, 0.2) is 5.96 Å². The Morgan fingerprint density at radius 2 is 1.97 bits per heavy atom. The summed E-state index contributed by atoms with van der Waals surface area (Å²) in [6.07, 6.45) is 6.95. The van der Waals surface area contributed by atoms with Crippen molar-refractivity contribution >= 4 is 35.9 Å². The van der Waals surface area contributed by atoms with Crippen LogP contribution < -0.4 is 15.5 Å². The molecule has 8 nitrogen and oxygen atoms in total. The van der Waals surface area contributed by atoms with Crippen LogP contribution in [0.1, 0.15) is 33.1 Å². The van der Waals surface area contributed by atoms with Crippen molar-refractivity contribution in [2.24, 2.45) is 4.99 Å². The second-order valence-corrected chi connectivity index (χ2v) is 7.75. The first-order chi connectivity index (χ1) is 13.7. The topological polar surface area (TPSA) is 77.9 Å². The molecule has 2 N–H and O–H groups in total. The van der Waals surface area contributed by atoms with Gasteiger partial charge in [-0.2, -0.15) is 0 Å². The summed E-state index contributed by atoms with van der Waals surface area (Å²) in [5.41, 5.74) is -0.0928. The third-order valence-electron chi connectivity index (χ3n) is 5.37. The maximum Gasteiger partial charge on any atom is 0.225 e. The Labute approximate surface area is 191 Å². The number of nitrogens with zero attached hydrogens (tertiary/aromatic N) is 5. The van der Waals surface area contributed by atoms with Gasteiger partial charge in [-0.25, -0.2) is 9.97 Å². The third-order valence-corrected chi connectivity index (χ3v) is 5.37. The fourth-order valence-corrected chi connectivity index (χ4v) is 3.69. The van der Waals surface area contributed by atoms with Crippen molar-refractivity contribution in [2.75, 3.05) is 63.9 Å². The standard InChI is InChI=1S/C20H35N7O.HI/c1-3-21-18(25-17-20(2)7-4-16-28-20)22-10-6-11-26-12-14-27(15-13-26)19-23-8-5-9-24-19;/h5,8-9H,3-4,6-7,10-17H2,1-2H3,(H2,21,22,25);1H. The summed E-state index contributed by atoms with van der Waals surface area (Å²) in [7, 11) is 0. The molecule has 2 saturated heterocycles. The van der Waals surface area contributed by atoms with Gasteiger partial charge in [0, 0.05) is 58.3 Å². The molecule has 29 heavy (non-hydrogen) atoms. The molecule has 0 saturated carbocycles. The maximum absolute atomic E-state index is 5.83. The number of hydrogen-bond donors (Lipinski definition) is 2. The second kappa shape index (κ2) is 12.5. The molecule has 164 valence electrons.